The molecule has 4 aromatic carbocycles. The molecule has 0 amide bonds. The fraction of sp³-hybridized carbons (Fsp3) is 0.129. The van der Waals surface area contributed by atoms with E-state index in [1.807, 2.05) is 55.2 Å². The molecule has 0 radical (unpaired) electrons. The lowest BCUT2D eigenvalue weighted by atomic mass is 10.0. The predicted octanol–water partition coefficient (Wildman–Crippen LogP) is 4.23. The van der Waals surface area contributed by atoms with Crippen LogP contribution in [0.15, 0.2) is 97.1 Å². The number of nitrogen functional groups attached to an aromatic ring is 1. The van der Waals surface area contributed by atoms with Crippen LogP contribution in [0.3, 0.4) is 0 Å². The van der Waals surface area contributed by atoms with E-state index in [2.05, 4.69) is 66.5 Å². The highest BCUT2D eigenvalue weighted by Crippen LogP contribution is 2.34. The van der Waals surface area contributed by atoms with Crippen LogP contribution >= 0.6 is 0 Å². The number of nitrogens with two attached hydrogens (primary N) is 1. The fourth-order valence-electron chi connectivity index (χ4n) is 4.55. The minimum Gasteiger partial charge on any atom is -0.512 e. The number of nitrogens with one attached hydrogen (secondary N) is 1. The van der Waals surface area contributed by atoms with E-state index < -0.39 is 7.32 Å². The van der Waals surface area contributed by atoms with Gasteiger partial charge in [0.25, 0.3) is 0 Å². The van der Waals surface area contributed by atoms with Crippen molar-refractivity contribution in [2.45, 2.75) is 6.54 Å². The van der Waals surface area contributed by atoms with Gasteiger partial charge in [-0.2, -0.15) is 5.10 Å². The van der Waals surface area contributed by atoms with Crippen molar-refractivity contribution < 1.29 is 19.4 Å². The van der Waals surface area contributed by atoms with Gasteiger partial charge in [-0.3, -0.25) is 5.10 Å². The van der Waals surface area contributed by atoms with E-state index in [1.54, 1.807) is 31.4 Å². The number of rotatable bonds is 8. The van der Waals surface area contributed by atoms with Gasteiger partial charge in [-0.25, -0.2) is 4.68 Å². The highest BCUT2D eigenvalue weighted by atomic mass is 16.6. The van der Waals surface area contributed by atoms with E-state index in [0.717, 1.165) is 39.1 Å². The molecule has 218 valence electrons. The van der Waals surface area contributed by atoms with Crippen LogP contribution in [0.5, 0.6) is 11.5 Å². The summed E-state index contributed by atoms with van der Waals surface area (Å²) in [5.74, 6) is 1.55. The van der Waals surface area contributed by atoms with Crippen LogP contribution in [0.2, 0.25) is 0 Å². The fourth-order valence-corrected chi connectivity index (χ4v) is 4.55. The molecule has 0 spiro atoms. The average molecular weight is 577 g/mol. The maximum absolute atomic E-state index is 8.43. The van der Waals surface area contributed by atoms with E-state index in [1.165, 1.54) is 5.56 Å². The smallest absolute Gasteiger partial charge is 0.512 e. The first-order valence-electron chi connectivity index (χ1n) is 13.5. The molecule has 43 heavy (non-hydrogen) atoms. The standard InChI is InChI=1S/C24H23N7.C7H9BO4/c1-30(2)19-10-6-9-18(13-19)23-22(17-11-12-21-20(14-17)24(25)28-26-21)27-29-31(23)15-16-7-4-3-5-8-16;1-11-6-2-4-7(5-3-6)12-8(9)10/h3-14H,15H2,1-2H3,(H3,25,26,28);2-5,9-10H,1H3. The number of hydrogen-bond acceptors (Lipinski definition) is 9. The Kier molecular flexibility index (Phi) is 8.89. The Morgan fingerprint density at radius 3 is 2.33 bits per heavy atom. The van der Waals surface area contributed by atoms with Gasteiger partial charge in [0.1, 0.15) is 17.2 Å². The number of hydrogen-bond donors (Lipinski definition) is 4. The van der Waals surface area contributed by atoms with Gasteiger partial charge in [0, 0.05) is 36.3 Å². The summed E-state index contributed by atoms with van der Waals surface area (Å²) in [5, 5.41) is 33.9. The molecule has 0 bridgehead atoms. The molecule has 0 fully saturated rings. The quantitative estimate of drug-likeness (QED) is 0.195. The third-order valence-electron chi connectivity index (χ3n) is 6.71. The van der Waals surface area contributed by atoms with Crippen molar-refractivity contribution in [1.82, 2.24) is 25.2 Å². The van der Waals surface area contributed by atoms with Crippen molar-refractivity contribution in [2.75, 3.05) is 31.8 Å². The van der Waals surface area contributed by atoms with Gasteiger partial charge in [0.05, 0.1) is 24.9 Å². The summed E-state index contributed by atoms with van der Waals surface area (Å²) in [6.07, 6.45) is 0. The molecule has 0 aliphatic carbocycles. The molecule has 0 aliphatic rings. The Balaban J connectivity index is 0.000000259. The highest BCUT2D eigenvalue weighted by Gasteiger charge is 2.19. The number of aromatic amines is 1. The summed E-state index contributed by atoms with van der Waals surface area (Å²) in [5.41, 5.74) is 13.0. The van der Waals surface area contributed by atoms with Gasteiger partial charge in [0.15, 0.2) is 5.82 Å². The van der Waals surface area contributed by atoms with Crippen LogP contribution < -0.4 is 20.0 Å². The third kappa shape index (κ3) is 6.95. The van der Waals surface area contributed by atoms with E-state index in [4.69, 9.17) is 20.5 Å². The average Bonchev–Trinajstić information content (AvgIpc) is 3.61. The molecule has 0 atom stereocenters. The van der Waals surface area contributed by atoms with Crippen LogP contribution in [0.1, 0.15) is 5.56 Å². The maximum Gasteiger partial charge on any atom is 0.707 e. The number of benzene rings is 4. The zero-order chi connectivity index (χ0) is 30.3. The lowest BCUT2D eigenvalue weighted by Crippen LogP contribution is -2.20. The van der Waals surface area contributed by atoms with Crippen LogP contribution in [0.25, 0.3) is 33.4 Å². The van der Waals surface area contributed by atoms with Crippen molar-refractivity contribution in [1.29, 1.82) is 0 Å². The summed E-state index contributed by atoms with van der Waals surface area (Å²) in [6, 6.07) is 31.2. The summed E-state index contributed by atoms with van der Waals surface area (Å²) < 4.78 is 11.4. The molecular formula is C31H32BN7O4. The minimum atomic E-state index is -1.78. The molecule has 6 aromatic rings. The monoisotopic (exact) mass is 577 g/mol. The van der Waals surface area contributed by atoms with Crippen LogP contribution in [0, 0.1) is 0 Å². The lowest BCUT2D eigenvalue weighted by Gasteiger charge is -2.15. The first kappa shape index (κ1) is 29.2. The van der Waals surface area contributed by atoms with E-state index >= 15 is 0 Å². The number of ether oxygens (including phenoxy) is 1. The Morgan fingerprint density at radius 2 is 1.63 bits per heavy atom. The van der Waals surface area contributed by atoms with Crippen molar-refractivity contribution >= 4 is 29.7 Å². The second kappa shape index (κ2) is 13.1. The SMILES string of the molecule is CN(C)c1cccc(-c2c(-c3ccc4[nH]nc(N)c4c3)nnn2Cc2ccccc2)c1.COc1ccc(OB(O)O)cc1. The van der Waals surface area contributed by atoms with Gasteiger partial charge in [-0.05, 0) is 54.1 Å². The van der Waals surface area contributed by atoms with Crippen molar-refractivity contribution in [3.8, 4) is 34.0 Å². The number of fused-ring (bicyclic) bond motifs is 1. The van der Waals surface area contributed by atoms with Crippen LogP contribution in [0.4, 0.5) is 11.5 Å². The van der Waals surface area contributed by atoms with Gasteiger partial charge in [0.2, 0.25) is 0 Å². The number of H-pyrrole nitrogens is 1. The summed E-state index contributed by atoms with van der Waals surface area (Å²) in [6.45, 7) is 0.630. The predicted molar refractivity (Wildman–Crippen MR) is 169 cm³/mol. The zero-order valence-corrected chi connectivity index (χ0v) is 24.0. The summed E-state index contributed by atoms with van der Waals surface area (Å²) in [4.78, 5) is 2.09. The Morgan fingerprint density at radius 1 is 0.884 bits per heavy atom. The molecule has 2 heterocycles. The van der Waals surface area contributed by atoms with Crippen molar-refractivity contribution in [2.24, 2.45) is 0 Å². The maximum atomic E-state index is 8.43. The molecule has 6 rings (SSSR count). The second-order valence-electron chi connectivity index (χ2n) is 9.86. The van der Waals surface area contributed by atoms with Gasteiger partial charge < -0.3 is 30.1 Å². The highest BCUT2D eigenvalue weighted by molar-refractivity contribution is 6.33. The van der Waals surface area contributed by atoms with Gasteiger partial charge in [-0.1, -0.05) is 53.7 Å². The summed E-state index contributed by atoms with van der Waals surface area (Å²) >= 11 is 0. The first-order chi connectivity index (χ1) is 20.8. The molecule has 2 aromatic heterocycles. The molecule has 0 unspecified atom stereocenters. The first-order valence-corrected chi connectivity index (χ1v) is 13.5. The zero-order valence-electron chi connectivity index (χ0n) is 24.0. The van der Waals surface area contributed by atoms with Crippen LogP contribution in [-0.2, 0) is 6.54 Å². The number of methoxy groups -OCH3 is 1. The number of anilines is 2. The molecule has 0 saturated heterocycles. The molecular weight excluding hydrogens is 545 g/mol. The van der Waals surface area contributed by atoms with E-state index in [9.17, 15) is 0 Å². The molecule has 11 nitrogen and oxygen atoms in total. The largest absolute Gasteiger partial charge is 0.707 e. The Hall–Kier alpha value is -5.33. The Bertz CT molecular complexity index is 1790. The van der Waals surface area contributed by atoms with Gasteiger partial charge >= 0.3 is 7.32 Å². The van der Waals surface area contributed by atoms with E-state index in [0.29, 0.717) is 23.9 Å². The molecule has 0 aliphatic heterocycles. The molecule has 0 saturated carbocycles. The Labute approximate surface area is 249 Å². The molecule has 12 heteroatoms. The third-order valence-corrected chi connectivity index (χ3v) is 6.71. The number of aromatic nitrogens is 5. The lowest BCUT2D eigenvalue weighted by molar-refractivity contribution is 0.288. The topological polar surface area (TPSA) is 148 Å². The molecule has 5 N–H and O–H groups in total. The van der Waals surface area contributed by atoms with E-state index in [-0.39, 0.29) is 0 Å². The number of nitrogens with zero attached hydrogens (tertiary/aromatic N) is 5. The second-order valence-corrected chi connectivity index (χ2v) is 9.86. The van der Waals surface area contributed by atoms with Gasteiger partial charge in [-0.15, -0.1) is 5.10 Å². The van der Waals surface area contributed by atoms with Crippen LogP contribution in [-0.4, -0.2) is 63.8 Å². The summed E-state index contributed by atoms with van der Waals surface area (Å²) in [7, 11) is 3.85. The van der Waals surface area contributed by atoms with Crippen molar-refractivity contribution in [3.05, 3.63) is 103 Å². The van der Waals surface area contributed by atoms with Crippen molar-refractivity contribution in [3.63, 3.8) is 0 Å². The minimum absolute atomic E-state index is 0.380. The normalized spacial score (nSPS) is 10.6.